The summed E-state index contributed by atoms with van der Waals surface area (Å²) in [5.74, 6) is 0.289. The number of rotatable bonds is 3. The molecule has 1 saturated carbocycles. The molecular formula is C11H16N2O2. The van der Waals surface area contributed by atoms with Gasteiger partial charge in [-0.15, -0.1) is 6.58 Å². The largest absolute Gasteiger partial charge is 0.340 e. The second-order valence-corrected chi connectivity index (χ2v) is 4.50. The molecule has 2 amide bonds. The maximum atomic E-state index is 12.1. The number of nitrogens with one attached hydrogen (secondary N) is 1. The summed E-state index contributed by atoms with van der Waals surface area (Å²) in [5, 5.41) is 2.83. The summed E-state index contributed by atoms with van der Waals surface area (Å²) in [5.41, 5.74) is -0.668. The summed E-state index contributed by atoms with van der Waals surface area (Å²) < 4.78 is 0. The number of nitrogens with zero attached hydrogens (tertiary/aromatic N) is 1. The third-order valence-corrected chi connectivity index (χ3v) is 3.21. The Morgan fingerprint density at radius 1 is 1.60 bits per heavy atom. The van der Waals surface area contributed by atoms with Crippen molar-refractivity contribution in [1.29, 1.82) is 0 Å². The van der Waals surface area contributed by atoms with Gasteiger partial charge < -0.3 is 10.2 Å². The minimum absolute atomic E-state index is 0.0319. The maximum Gasteiger partial charge on any atom is 0.249 e. The Morgan fingerprint density at radius 3 is 2.80 bits per heavy atom. The highest BCUT2D eigenvalue weighted by Gasteiger charge is 2.52. The predicted molar refractivity (Wildman–Crippen MR) is 56.0 cm³/mol. The third-order valence-electron chi connectivity index (χ3n) is 3.21. The molecule has 0 aromatic rings. The fourth-order valence-electron chi connectivity index (χ4n) is 2.20. The predicted octanol–water partition coefficient (Wildman–Crippen LogP) is 0.299. The lowest BCUT2D eigenvalue weighted by molar-refractivity contribution is -0.149. The van der Waals surface area contributed by atoms with E-state index in [2.05, 4.69) is 11.9 Å². The molecule has 2 aliphatic rings. The van der Waals surface area contributed by atoms with E-state index in [0.717, 1.165) is 12.8 Å². The van der Waals surface area contributed by atoms with E-state index in [1.54, 1.807) is 11.0 Å². The summed E-state index contributed by atoms with van der Waals surface area (Å²) in [6, 6.07) is 0. The van der Waals surface area contributed by atoms with E-state index in [0.29, 0.717) is 12.5 Å². The van der Waals surface area contributed by atoms with Crippen LogP contribution in [-0.2, 0) is 9.59 Å². The smallest absolute Gasteiger partial charge is 0.249 e. The molecule has 4 nitrogen and oxygen atoms in total. The highest BCUT2D eigenvalue weighted by molar-refractivity contribution is 5.98. The topological polar surface area (TPSA) is 49.4 Å². The lowest BCUT2D eigenvalue weighted by Gasteiger charge is -2.39. The maximum absolute atomic E-state index is 12.1. The zero-order valence-electron chi connectivity index (χ0n) is 8.95. The van der Waals surface area contributed by atoms with Gasteiger partial charge in [0, 0.05) is 6.54 Å². The number of carbonyl (C=O) groups is 2. The molecule has 0 spiro atoms. The van der Waals surface area contributed by atoms with Gasteiger partial charge in [0.15, 0.2) is 0 Å². The second kappa shape index (κ2) is 3.36. The van der Waals surface area contributed by atoms with Crippen molar-refractivity contribution in [3.63, 3.8) is 0 Å². The molecule has 2 rings (SSSR count). The Hall–Kier alpha value is -1.32. The molecule has 15 heavy (non-hydrogen) atoms. The average Bonchev–Trinajstić information content (AvgIpc) is 2.97. The summed E-state index contributed by atoms with van der Waals surface area (Å²) in [6.07, 6.45) is 3.72. The van der Waals surface area contributed by atoms with Gasteiger partial charge >= 0.3 is 0 Å². The number of amides is 2. The van der Waals surface area contributed by atoms with Gasteiger partial charge in [0.05, 0.1) is 6.54 Å². The van der Waals surface area contributed by atoms with E-state index in [4.69, 9.17) is 0 Å². The van der Waals surface area contributed by atoms with Crippen LogP contribution in [0.3, 0.4) is 0 Å². The van der Waals surface area contributed by atoms with Gasteiger partial charge in [0.1, 0.15) is 5.54 Å². The zero-order valence-corrected chi connectivity index (χ0v) is 8.95. The Kier molecular flexibility index (Phi) is 2.29. The van der Waals surface area contributed by atoms with Crippen LogP contribution in [0.4, 0.5) is 0 Å². The van der Waals surface area contributed by atoms with Crippen LogP contribution in [-0.4, -0.2) is 35.3 Å². The van der Waals surface area contributed by atoms with Gasteiger partial charge in [-0.1, -0.05) is 6.08 Å². The Bertz CT molecular complexity index is 323. The first-order valence-corrected chi connectivity index (χ1v) is 5.29. The van der Waals surface area contributed by atoms with E-state index in [1.807, 2.05) is 6.92 Å². The molecule has 1 aliphatic carbocycles. The van der Waals surface area contributed by atoms with Crippen molar-refractivity contribution in [2.45, 2.75) is 25.3 Å². The Morgan fingerprint density at radius 2 is 2.27 bits per heavy atom. The molecule has 1 aliphatic heterocycles. The number of hydrogen-bond acceptors (Lipinski definition) is 2. The number of carbonyl (C=O) groups excluding carboxylic acids is 2. The molecule has 2 fully saturated rings. The standard InChI is InChI=1S/C11H16N2O2/c1-3-6-13-7-9(14)12-11(2,10(13)15)8-4-5-8/h3,8H,1,4-7H2,2H3,(H,12,14). The van der Waals surface area contributed by atoms with Crippen LogP contribution in [0.15, 0.2) is 12.7 Å². The first-order chi connectivity index (χ1) is 7.08. The minimum atomic E-state index is -0.668. The molecule has 1 unspecified atom stereocenters. The summed E-state index contributed by atoms with van der Waals surface area (Å²) in [6.45, 7) is 6.04. The molecule has 0 radical (unpaired) electrons. The van der Waals surface area contributed by atoms with Crippen LogP contribution in [0.5, 0.6) is 0 Å². The van der Waals surface area contributed by atoms with Gasteiger partial charge in [-0.25, -0.2) is 0 Å². The molecule has 0 aromatic carbocycles. The molecule has 1 atom stereocenters. The van der Waals surface area contributed by atoms with Gasteiger partial charge in [-0.2, -0.15) is 0 Å². The molecule has 4 heteroatoms. The highest BCUT2D eigenvalue weighted by atomic mass is 16.2. The zero-order chi connectivity index (χ0) is 11.1. The molecule has 0 bridgehead atoms. The SMILES string of the molecule is C=CCN1CC(=O)NC(C)(C2CC2)C1=O. The normalized spacial score (nSPS) is 31.4. The van der Waals surface area contributed by atoms with E-state index < -0.39 is 5.54 Å². The van der Waals surface area contributed by atoms with Crippen LogP contribution in [0.2, 0.25) is 0 Å². The monoisotopic (exact) mass is 208 g/mol. The van der Waals surface area contributed by atoms with Gasteiger partial charge in [-0.05, 0) is 25.7 Å². The fourth-order valence-corrected chi connectivity index (χ4v) is 2.20. The van der Waals surface area contributed by atoms with Crippen molar-refractivity contribution in [1.82, 2.24) is 10.2 Å². The minimum Gasteiger partial charge on any atom is -0.340 e. The summed E-state index contributed by atoms with van der Waals surface area (Å²) in [7, 11) is 0. The van der Waals surface area contributed by atoms with Crippen molar-refractivity contribution in [3.05, 3.63) is 12.7 Å². The fraction of sp³-hybridized carbons (Fsp3) is 0.636. The van der Waals surface area contributed by atoms with Crippen molar-refractivity contribution in [2.75, 3.05) is 13.1 Å². The van der Waals surface area contributed by atoms with E-state index in [1.165, 1.54) is 0 Å². The van der Waals surface area contributed by atoms with Gasteiger partial charge in [0.2, 0.25) is 11.8 Å². The van der Waals surface area contributed by atoms with Crippen LogP contribution < -0.4 is 5.32 Å². The van der Waals surface area contributed by atoms with Crippen LogP contribution in [0.1, 0.15) is 19.8 Å². The third kappa shape index (κ3) is 1.64. The first kappa shape index (κ1) is 10.2. The summed E-state index contributed by atoms with van der Waals surface area (Å²) in [4.78, 5) is 25.2. The van der Waals surface area contributed by atoms with Gasteiger partial charge in [-0.3, -0.25) is 9.59 Å². The molecule has 1 saturated heterocycles. The molecular weight excluding hydrogens is 192 g/mol. The van der Waals surface area contributed by atoms with Crippen LogP contribution in [0.25, 0.3) is 0 Å². The van der Waals surface area contributed by atoms with E-state index in [9.17, 15) is 9.59 Å². The van der Waals surface area contributed by atoms with E-state index >= 15 is 0 Å². The first-order valence-electron chi connectivity index (χ1n) is 5.29. The van der Waals surface area contributed by atoms with E-state index in [-0.39, 0.29) is 18.4 Å². The van der Waals surface area contributed by atoms with Crippen LogP contribution >= 0.6 is 0 Å². The second-order valence-electron chi connectivity index (χ2n) is 4.50. The van der Waals surface area contributed by atoms with Crippen molar-refractivity contribution >= 4 is 11.8 Å². The Labute approximate surface area is 89.3 Å². The highest BCUT2D eigenvalue weighted by Crippen LogP contribution is 2.41. The van der Waals surface area contributed by atoms with Crippen molar-refractivity contribution in [3.8, 4) is 0 Å². The lowest BCUT2D eigenvalue weighted by Crippen LogP contribution is -2.66. The van der Waals surface area contributed by atoms with Crippen LogP contribution in [0, 0.1) is 5.92 Å². The molecule has 82 valence electrons. The molecule has 1 heterocycles. The molecule has 0 aromatic heterocycles. The number of piperazine rings is 1. The van der Waals surface area contributed by atoms with Gasteiger partial charge in [0.25, 0.3) is 0 Å². The molecule has 1 N–H and O–H groups in total. The number of hydrogen-bond donors (Lipinski definition) is 1. The van der Waals surface area contributed by atoms with Crippen molar-refractivity contribution < 1.29 is 9.59 Å². The quantitative estimate of drug-likeness (QED) is 0.678. The Balaban J connectivity index is 2.20. The average molecular weight is 208 g/mol. The van der Waals surface area contributed by atoms with Crippen molar-refractivity contribution in [2.24, 2.45) is 5.92 Å². The summed E-state index contributed by atoms with van der Waals surface area (Å²) >= 11 is 0. The lowest BCUT2D eigenvalue weighted by atomic mass is 9.91.